The van der Waals surface area contributed by atoms with E-state index in [-0.39, 0.29) is 11.9 Å². The second kappa shape index (κ2) is 4.78. The van der Waals surface area contributed by atoms with Gasteiger partial charge in [0, 0.05) is 6.54 Å². The van der Waals surface area contributed by atoms with Crippen LogP contribution in [0.5, 0.6) is 0 Å². The van der Waals surface area contributed by atoms with Crippen LogP contribution in [0.25, 0.3) is 0 Å². The Hall–Kier alpha value is -0.570. The average Bonchev–Trinajstić information content (AvgIpc) is 2.15. The first-order valence-corrected chi connectivity index (χ1v) is 5.57. The number of amides is 1. The Labute approximate surface area is 86.4 Å². The molecule has 0 radical (unpaired) electrons. The zero-order chi connectivity index (χ0) is 10.6. The molecule has 0 bridgehead atoms. The molecule has 1 aliphatic carbocycles. The van der Waals surface area contributed by atoms with Gasteiger partial charge in [0.15, 0.2) is 0 Å². The molecular weight excluding hydrogens is 176 g/mol. The zero-order valence-electron chi connectivity index (χ0n) is 9.31. The highest BCUT2D eigenvalue weighted by Gasteiger charge is 2.27. The molecule has 0 aliphatic heterocycles. The molecule has 1 saturated carbocycles. The molecule has 14 heavy (non-hydrogen) atoms. The van der Waals surface area contributed by atoms with E-state index in [9.17, 15) is 4.79 Å². The number of nitrogens with two attached hydrogens (primary N) is 1. The van der Waals surface area contributed by atoms with Crippen LogP contribution in [0.3, 0.4) is 0 Å². The summed E-state index contributed by atoms with van der Waals surface area (Å²) in [7, 11) is 0. The third-order valence-electron chi connectivity index (χ3n) is 3.16. The molecular formula is C11H22N2O. The molecule has 1 rings (SSSR count). The fourth-order valence-corrected chi connectivity index (χ4v) is 2.04. The average molecular weight is 198 g/mol. The Kier molecular flexibility index (Phi) is 3.93. The summed E-state index contributed by atoms with van der Waals surface area (Å²) < 4.78 is 0. The quantitative estimate of drug-likeness (QED) is 0.720. The third-order valence-corrected chi connectivity index (χ3v) is 3.16. The summed E-state index contributed by atoms with van der Waals surface area (Å²) >= 11 is 0. The van der Waals surface area contributed by atoms with Crippen LogP contribution in [-0.4, -0.2) is 18.5 Å². The van der Waals surface area contributed by atoms with Crippen LogP contribution in [0.15, 0.2) is 0 Å². The number of nitrogens with one attached hydrogen (secondary N) is 1. The first kappa shape index (κ1) is 11.5. The summed E-state index contributed by atoms with van der Waals surface area (Å²) in [6, 6.07) is -0.387. The maximum atomic E-state index is 11.3. The van der Waals surface area contributed by atoms with Crippen LogP contribution >= 0.6 is 0 Å². The fourth-order valence-electron chi connectivity index (χ4n) is 2.04. The summed E-state index contributed by atoms with van der Waals surface area (Å²) in [4.78, 5) is 11.3. The Balaban J connectivity index is 2.32. The van der Waals surface area contributed by atoms with Crippen LogP contribution < -0.4 is 11.1 Å². The van der Waals surface area contributed by atoms with Crippen molar-refractivity contribution < 1.29 is 4.79 Å². The van der Waals surface area contributed by atoms with Crippen LogP contribution in [-0.2, 0) is 4.79 Å². The molecule has 3 N–H and O–H groups in total. The van der Waals surface area contributed by atoms with Crippen molar-refractivity contribution in [2.75, 3.05) is 6.54 Å². The number of hydrogen-bond donors (Lipinski definition) is 2. The van der Waals surface area contributed by atoms with Crippen molar-refractivity contribution in [3.8, 4) is 0 Å². The van der Waals surface area contributed by atoms with Crippen LogP contribution in [0.1, 0.15) is 46.0 Å². The van der Waals surface area contributed by atoms with Gasteiger partial charge < -0.3 is 11.1 Å². The Morgan fingerprint density at radius 2 is 2.00 bits per heavy atom. The molecule has 0 aromatic rings. The topological polar surface area (TPSA) is 55.1 Å². The third kappa shape index (κ3) is 3.29. The molecule has 1 aliphatic rings. The molecule has 1 atom stereocenters. The molecule has 3 heteroatoms. The van der Waals surface area contributed by atoms with Crippen molar-refractivity contribution in [3.05, 3.63) is 0 Å². The lowest BCUT2D eigenvalue weighted by atomic mass is 9.76. The van der Waals surface area contributed by atoms with Gasteiger partial charge >= 0.3 is 0 Å². The molecule has 0 spiro atoms. The van der Waals surface area contributed by atoms with Gasteiger partial charge in [-0.1, -0.05) is 26.2 Å². The standard InChI is InChI=1S/C11H22N2O/c1-9(12)10(14)13-8-11(2)6-4-3-5-7-11/h9H,3-8,12H2,1-2H3,(H,13,14)/t9-/m0/s1. The van der Waals surface area contributed by atoms with E-state index in [1.54, 1.807) is 6.92 Å². The number of rotatable bonds is 3. The van der Waals surface area contributed by atoms with E-state index >= 15 is 0 Å². The summed E-state index contributed by atoms with van der Waals surface area (Å²) in [5, 5.41) is 2.93. The number of carbonyl (C=O) groups is 1. The lowest BCUT2D eigenvalue weighted by Gasteiger charge is -2.33. The molecule has 0 aromatic carbocycles. The largest absolute Gasteiger partial charge is 0.354 e. The monoisotopic (exact) mass is 198 g/mol. The van der Waals surface area contributed by atoms with Crippen molar-refractivity contribution in [1.82, 2.24) is 5.32 Å². The molecule has 3 nitrogen and oxygen atoms in total. The van der Waals surface area contributed by atoms with E-state index in [0.29, 0.717) is 5.41 Å². The molecule has 1 amide bonds. The fraction of sp³-hybridized carbons (Fsp3) is 0.909. The van der Waals surface area contributed by atoms with E-state index in [4.69, 9.17) is 5.73 Å². The van der Waals surface area contributed by atoms with Crippen molar-refractivity contribution in [1.29, 1.82) is 0 Å². The Morgan fingerprint density at radius 3 is 2.50 bits per heavy atom. The minimum absolute atomic E-state index is 0.0307. The summed E-state index contributed by atoms with van der Waals surface area (Å²) in [5.41, 5.74) is 5.79. The maximum Gasteiger partial charge on any atom is 0.236 e. The van der Waals surface area contributed by atoms with Gasteiger partial charge in [-0.15, -0.1) is 0 Å². The molecule has 0 unspecified atom stereocenters. The van der Waals surface area contributed by atoms with Gasteiger partial charge in [-0.25, -0.2) is 0 Å². The Bertz CT molecular complexity index is 195. The highest BCUT2D eigenvalue weighted by Crippen LogP contribution is 2.34. The lowest BCUT2D eigenvalue weighted by Crippen LogP contribution is -2.43. The summed E-state index contributed by atoms with van der Waals surface area (Å²) in [5.74, 6) is -0.0307. The molecule has 0 saturated heterocycles. The van der Waals surface area contributed by atoms with Gasteiger partial charge in [-0.05, 0) is 25.2 Å². The second-order valence-electron chi connectivity index (χ2n) is 4.88. The minimum atomic E-state index is -0.387. The van der Waals surface area contributed by atoms with Gasteiger partial charge in [0.1, 0.15) is 0 Å². The molecule has 1 fully saturated rings. The van der Waals surface area contributed by atoms with Crippen molar-refractivity contribution in [3.63, 3.8) is 0 Å². The molecule has 0 aromatic heterocycles. The van der Waals surface area contributed by atoms with Gasteiger partial charge in [0.25, 0.3) is 0 Å². The van der Waals surface area contributed by atoms with E-state index < -0.39 is 0 Å². The van der Waals surface area contributed by atoms with E-state index in [0.717, 1.165) is 6.54 Å². The van der Waals surface area contributed by atoms with E-state index in [2.05, 4.69) is 12.2 Å². The van der Waals surface area contributed by atoms with Gasteiger partial charge in [0.2, 0.25) is 5.91 Å². The number of hydrogen-bond acceptors (Lipinski definition) is 2. The predicted octanol–water partition coefficient (Wildman–Crippen LogP) is 1.42. The minimum Gasteiger partial charge on any atom is -0.354 e. The normalized spacial score (nSPS) is 22.8. The van der Waals surface area contributed by atoms with Crippen LogP contribution in [0.4, 0.5) is 0 Å². The van der Waals surface area contributed by atoms with Crippen LogP contribution in [0, 0.1) is 5.41 Å². The number of carbonyl (C=O) groups excluding carboxylic acids is 1. The van der Waals surface area contributed by atoms with Gasteiger partial charge in [-0.2, -0.15) is 0 Å². The van der Waals surface area contributed by atoms with Gasteiger partial charge in [-0.3, -0.25) is 4.79 Å². The Morgan fingerprint density at radius 1 is 1.43 bits per heavy atom. The van der Waals surface area contributed by atoms with Crippen molar-refractivity contribution in [2.24, 2.45) is 11.1 Å². The van der Waals surface area contributed by atoms with Crippen molar-refractivity contribution >= 4 is 5.91 Å². The maximum absolute atomic E-state index is 11.3. The lowest BCUT2D eigenvalue weighted by molar-refractivity contribution is -0.122. The molecule has 82 valence electrons. The first-order valence-electron chi connectivity index (χ1n) is 5.57. The SMILES string of the molecule is C[C@H](N)C(=O)NCC1(C)CCCCC1. The van der Waals surface area contributed by atoms with Gasteiger partial charge in [0.05, 0.1) is 6.04 Å². The molecule has 0 heterocycles. The highest BCUT2D eigenvalue weighted by atomic mass is 16.2. The predicted molar refractivity (Wildman–Crippen MR) is 57.9 cm³/mol. The summed E-state index contributed by atoms with van der Waals surface area (Å²) in [6.45, 7) is 4.76. The summed E-state index contributed by atoms with van der Waals surface area (Å²) in [6.07, 6.45) is 6.39. The van der Waals surface area contributed by atoms with E-state index in [1.165, 1.54) is 32.1 Å². The second-order valence-corrected chi connectivity index (χ2v) is 4.88. The highest BCUT2D eigenvalue weighted by molar-refractivity contribution is 5.80. The van der Waals surface area contributed by atoms with Crippen LogP contribution in [0.2, 0.25) is 0 Å². The first-order chi connectivity index (χ1) is 6.53. The smallest absolute Gasteiger partial charge is 0.236 e. The van der Waals surface area contributed by atoms with Crippen molar-refractivity contribution in [2.45, 2.75) is 52.0 Å². The zero-order valence-corrected chi connectivity index (χ0v) is 9.31. The van der Waals surface area contributed by atoms with E-state index in [1.807, 2.05) is 0 Å².